The molecule has 0 fully saturated rings. The highest BCUT2D eigenvalue weighted by molar-refractivity contribution is 5.95. The van der Waals surface area contributed by atoms with Gasteiger partial charge >= 0.3 is 0 Å². The van der Waals surface area contributed by atoms with Crippen LogP contribution in [0, 0.1) is 18.3 Å². The molecule has 8 aromatic rings. The Morgan fingerprint density at radius 3 is 1.78 bits per heavy atom. The molecule has 6 aromatic carbocycles. The van der Waals surface area contributed by atoms with Gasteiger partial charge in [0.05, 0.1) is 34.2 Å². The van der Waals surface area contributed by atoms with E-state index in [9.17, 15) is 5.26 Å². The summed E-state index contributed by atoms with van der Waals surface area (Å²) in [6, 6.07) is 55.8. The number of benzene rings is 6. The number of nitriles is 1. The number of hydrogen-bond acceptors (Lipinski definition) is 5. The smallest absolute Gasteiger partial charge is 0.160 e. The van der Waals surface area contributed by atoms with Crippen molar-refractivity contribution in [2.45, 2.75) is 19.8 Å². The van der Waals surface area contributed by atoms with E-state index < -0.39 is 0 Å². The molecule has 9 rings (SSSR count). The van der Waals surface area contributed by atoms with Crippen LogP contribution in [0.5, 0.6) is 0 Å². The summed E-state index contributed by atoms with van der Waals surface area (Å²) in [4.78, 5) is 20.3. The van der Waals surface area contributed by atoms with Crippen molar-refractivity contribution >= 4 is 22.0 Å². The van der Waals surface area contributed by atoms with E-state index in [0.717, 1.165) is 90.9 Å². The lowest BCUT2D eigenvalue weighted by molar-refractivity contribution is 1.05. The van der Waals surface area contributed by atoms with Crippen LogP contribution in [0.2, 0.25) is 0 Å². The third-order valence-electron chi connectivity index (χ3n) is 10.1. The maximum absolute atomic E-state index is 10.3. The number of nitrogens with zero attached hydrogens (tertiary/aromatic N) is 5. The summed E-state index contributed by atoms with van der Waals surface area (Å²) in [7, 11) is 0. The Balaban J connectivity index is 1.12. The van der Waals surface area contributed by atoms with E-state index >= 15 is 0 Å². The minimum Gasteiger partial charge on any atom is -0.228 e. The van der Waals surface area contributed by atoms with E-state index in [0.29, 0.717) is 17.2 Å². The minimum absolute atomic E-state index is 0.615. The summed E-state index contributed by atoms with van der Waals surface area (Å²) in [5.41, 5.74) is 14.5. The number of allylic oxidation sites excluding steroid dienone is 4. The van der Waals surface area contributed by atoms with Crippen molar-refractivity contribution in [1.82, 2.24) is 19.9 Å². The Labute approximate surface area is 320 Å². The van der Waals surface area contributed by atoms with E-state index in [1.165, 1.54) is 5.57 Å². The van der Waals surface area contributed by atoms with E-state index in [-0.39, 0.29) is 0 Å². The van der Waals surface area contributed by atoms with Crippen molar-refractivity contribution in [3.8, 4) is 62.5 Å². The van der Waals surface area contributed by atoms with Gasteiger partial charge in [-0.25, -0.2) is 19.9 Å². The summed E-state index contributed by atoms with van der Waals surface area (Å²) in [6.45, 7) is 2.11. The molecule has 5 nitrogen and oxygen atoms in total. The fourth-order valence-electron chi connectivity index (χ4n) is 7.39. The van der Waals surface area contributed by atoms with Crippen LogP contribution >= 0.6 is 0 Å². The van der Waals surface area contributed by atoms with E-state index in [1.54, 1.807) is 0 Å². The van der Waals surface area contributed by atoms with Crippen molar-refractivity contribution < 1.29 is 0 Å². The second-order valence-corrected chi connectivity index (χ2v) is 13.7. The number of fused-ring (bicyclic) bond motifs is 1. The molecule has 5 heteroatoms. The average molecular weight is 706 g/mol. The fourth-order valence-corrected chi connectivity index (χ4v) is 7.39. The topological polar surface area (TPSA) is 75.3 Å². The number of rotatable bonds is 7. The van der Waals surface area contributed by atoms with Crippen LogP contribution < -0.4 is 0 Å². The second-order valence-electron chi connectivity index (χ2n) is 13.7. The Hall–Kier alpha value is -7.29. The highest BCUT2D eigenvalue weighted by Crippen LogP contribution is 2.38. The van der Waals surface area contributed by atoms with E-state index in [1.807, 2.05) is 97.1 Å². The number of para-hydroxylation sites is 1. The van der Waals surface area contributed by atoms with Gasteiger partial charge in [-0.15, -0.1) is 0 Å². The van der Waals surface area contributed by atoms with Crippen LogP contribution in [-0.2, 0) is 0 Å². The molecule has 0 bridgehead atoms. The molecular weight excluding hydrogens is 671 g/mol. The zero-order valence-corrected chi connectivity index (χ0v) is 30.3. The van der Waals surface area contributed by atoms with Crippen molar-refractivity contribution in [1.29, 1.82) is 5.26 Å². The molecule has 2 heterocycles. The van der Waals surface area contributed by atoms with Gasteiger partial charge in [-0.3, -0.25) is 0 Å². The molecular formula is C50H35N5. The molecule has 0 spiro atoms. The van der Waals surface area contributed by atoms with Crippen molar-refractivity contribution in [3.05, 3.63) is 192 Å². The molecule has 0 saturated carbocycles. The van der Waals surface area contributed by atoms with Gasteiger partial charge in [0.15, 0.2) is 11.6 Å². The van der Waals surface area contributed by atoms with Crippen LogP contribution in [-0.4, -0.2) is 19.9 Å². The molecule has 55 heavy (non-hydrogen) atoms. The molecule has 0 aliphatic heterocycles. The monoisotopic (exact) mass is 705 g/mol. The summed E-state index contributed by atoms with van der Waals surface area (Å²) >= 11 is 0. The Bertz CT molecular complexity index is 2820. The first-order chi connectivity index (χ1) is 27.1. The Kier molecular flexibility index (Phi) is 8.91. The lowest BCUT2D eigenvalue weighted by Gasteiger charge is -2.19. The maximum Gasteiger partial charge on any atom is 0.160 e. The van der Waals surface area contributed by atoms with Crippen LogP contribution in [0.15, 0.2) is 170 Å². The van der Waals surface area contributed by atoms with Crippen LogP contribution in [0.1, 0.15) is 35.2 Å². The molecule has 1 aliphatic rings. The molecule has 1 aliphatic carbocycles. The normalized spacial score (nSPS) is 12.5. The first-order valence-corrected chi connectivity index (χ1v) is 18.5. The van der Waals surface area contributed by atoms with Gasteiger partial charge in [-0.1, -0.05) is 133 Å². The lowest BCUT2D eigenvalue weighted by atomic mass is 9.88. The summed E-state index contributed by atoms with van der Waals surface area (Å²) < 4.78 is 0. The molecule has 260 valence electrons. The minimum atomic E-state index is 0.615. The van der Waals surface area contributed by atoms with Gasteiger partial charge in [0.25, 0.3) is 0 Å². The zero-order chi connectivity index (χ0) is 37.1. The summed E-state index contributed by atoms with van der Waals surface area (Å²) in [5.74, 6) is 1.38. The molecule has 0 radical (unpaired) electrons. The first-order valence-electron chi connectivity index (χ1n) is 18.5. The lowest BCUT2D eigenvalue weighted by Crippen LogP contribution is -2.04. The number of aromatic nitrogens is 4. The predicted molar refractivity (Wildman–Crippen MR) is 223 cm³/mol. The second kappa shape index (κ2) is 14.6. The van der Waals surface area contributed by atoms with Gasteiger partial charge in [-0.2, -0.15) is 5.26 Å². The van der Waals surface area contributed by atoms with E-state index in [2.05, 4.69) is 85.8 Å². The van der Waals surface area contributed by atoms with Crippen LogP contribution in [0.3, 0.4) is 0 Å². The zero-order valence-electron chi connectivity index (χ0n) is 30.3. The van der Waals surface area contributed by atoms with Gasteiger partial charge in [0, 0.05) is 33.2 Å². The molecule has 0 saturated heterocycles. The standard InChI is InChI=1S/C50H35N5/c1-33-46(35-15-5-2-6-16-35)53-50(37-19-9-4-10-20-37)54-47(33)40-23-13-21-38(29-40)42-27-34(32-51)28-43(31-42)39-22-14-24-41(30-39)48-44-25-11-12-26-45(44)52-49(55-48)36-17-7-3-8-18-36/h2-12,14-20,22-31H,13,21H2,1H3. The van der Waals surface area contributed by atoms with Gasteiger partial charge in [-0.05, 0) is 84.0 Å². The highest BCUT2D eigenvalue weighted by Gasteiger charge is 2.20. The predicted octanol–water partition coefficient (Wildman–Crippen LogP) is 12.2. The van der Waals surface area contributed by atoms with E-state index in [4.69, 9.17) is 19.9 Å². The van der Waals surface area contributed by atoms with Crippen LogP contribution in [0.25, 0.3) is 78.5 Å². The molecule has 0 N–H and O–H groups in total. The molecule has 0 amide bonds. The number of hydrogen-bond donors (Lipinski definition) is 0. The Morgan fingerprint density at radius 1 is 0.491 bits per heavy atom. The molecule has 0 atom stereocenters. The van der Waals surface area contributed by atoms with Crippen molar-refractivity contribution in [2.75, 3.05) is 0 Å². The van der Waals surface area contributed by atoms with Crippen molar-refractivity contribution in [3.63, 3.8) is 0 Å². The van der Waals surface area contributed by atoms with Gasteiger partial charge in [0.2, 0.25) is 0 Å². The third kappa shape index (κ3) is 6.74. The fraction of sp³-hybridized carbons (Fsp3) is 0.0600. The van der Waals surface area contributed by atoms with Gasteiger partial charge in [0.1, 0.15) is 0 Å². The highest BCUT2D eigenvalue weighted by atomic mass is 14.9. The Morgan fingerprint density at radius 2 is 1.05 bits per heavy atom. The summed E-state index contributed by atoms with van der Waals surface area (Å²) in [5, 5.41) is 11.2. The molecule has 2 aromatic heterocycles. The van der Waals surface area contributed by atoms with Crippen molar-refractivity contribution in [2.24, 2.45) is 0 Å². The third-order valence-corrected chi connectivity index (χ3v) is 10.1. The van der Waals surface area contributed by atoms with Gasteiger partial charge < -0.3 is 0 Å². The molecule has 0 unspecified atom stereocenters. The SMILES string of the molecule is Cc1c(C2=CCCC(c3cc(C#N)cc(-c4cccc(-c5nc(-c6ccccc6)nc6ccccc56)c4)c3)=C2)nc(-c2ccccc2)nc1-c1ccccc1. The average Bonchev–Trinajstić information content (AvgIpc) is 3.27. The largest absolute Gasteiger partial charge is 0.228 e. The van der Waals surface area contributed by atoms with Crippen LogP contribution in [0.4, 0.5) is 0 Å². The quantitative estimate of drug-likeness (QED) is 0.165. The maximum atomic E-state index is 10.3. The first kappa shape index (κ1) is 33.5. The summed E-state index contributed by atoms with van der Waals surface area (Å²) in [6.07, 6.45) is 6.24.